The summed E-state index contributed by atoms with van der Waals surface area (Å²) < 4.78 is 0. The van der Waals surface area contributed by atoms with Crippen LogP contribution in [0, 0.1) is 5.92 Å². The van der Waals surface area contributed by atoms with Crippen LogP contribution in [-0.4, -0.2) is 0 Å². The van der Waals surface area contributed by atoms with E-state index in [9.17, 15) is 0 Å². The van der Waals surface area contributed by atoms with Crippen molar-refractivity contribution in [2.45, 2.75) is 44.4 Å². The SMILES string of the molecule is C=CCc1ccc([C@H]2CC[C@H](CC=C)CC2)cc1. The van der Waals surface area contributed by atoms with Crippen molar-refractivity contribution in [3.8, 4) is 0 Å². The van der Waals surface area contributed by atoms with Gasteiger partial charge in [-0.15, -0.1) is 13.2 Å². The van der Waals surface area contributed by atoms with Crippen LogP contribution in [-0.2, 0) is 6.42 Å². The maximum atomic E-state index is 3.85. The molecule has 0 amide bonds. The summed E-state index contributed by atoms with van der Waals surface area (Å²) in [5.74, 6) is 1.67. The molecule has 0 unspecified atom stereocenters. The van der Waals surface area contributed by atoms with Crippen LogP contribution in [0.3, 0.4) is 0 Å². The Morgan fingerprint density at radius 3 is 2.17 bits per heavy atom. The molecule has 18 heavy (non-hydrogen) atoms. The third-order valence-electron chi connectivity index (χ3n) is 4.18. The highest BCUT2D eigenvalue weighted by atomic mass is 14.3. The molecule has 0 saturated heterocycles. The number of hydrogen-bond donors (Lipinski definition) is 0. The van der Waals surface area contributed by atoms with Crippen LogP contribution in [0.2, 0.25) is 0 Å². The normalized spacial score (nSPS) is 23.6. The molecule has 1 aromatic rings. The Balaban J connectivity index is 1.92. The van der Waals surface area contributed by atoms with Gasteiger partial charge in [0.15, 0.2) is 0 Å². The molecule has 2 rings (SSSR count). The Labute approximate surface area is 111 Å². The number of rotatable bonds is 5. The molecule has 0 aromatic heterocycles. The van der Waals surface area contributed by atoms with Crippen molar-refractivity contribution in [3.63, 3.8) is 0 Å². The molecule has 96 valence electrons. The molecule has 0 spiro atoms. The molecule has 1 aromatic carbocycles. The molecular weight excluding hydrogens is 216 g/mol. The van der Waals surface area contributed by atoms with Crippen molar-refractivity contribution >= 4 is 0 Å². The summed E-state index contributed by atoms with van der Waals surface area (Å²) in [7, 11) is 0. The highest BCUT2D eigenvalue weighted by Crippen LogP contribution is 2.37. The van der Waals surface area contributed by atoms with Crippen molar-refractivity contribution in [1.29, 1.82) is 0 Å². The Morgan fingerprint density at radius 2 is 1.61 bits per heavy atom. The first-order valence-electron chi connectivity index (χ1n) is 7.14. The third kappa shape index (κ3) is 3.35. The summed E-state index contributed by atoms with van der Waals surface area (Å²) in [6, 6.07) is 9.15. The van der Waals surface area contributed by atoms with Crippen LogP contribution in [0.15, 0.2) is 49.6 Å². The van der Waals surface area contributed by atoms with Crippen LogP contribution >= 0.6 is 0 Å². The smallest absolute Gasteiger partial charge is 0.0100 e. The first-order chi connectivity index (χ1) is 8.83. The van der Waals surface area contributed by atoms with Gasteiger partial charge in [-0.05, 0) is 61.5 Å². The van der Waals surface area contributed by atoms with Crippen molar-refractivity contribution in [1.82, 2.24) is 0 Å². The summed E-state index contributed by atoms with van der Waals surface area (Å²) >= 11 is 0. The predicted molar refractivity (Wildman–Crippen MR) is 79.9 cm³/mol. The average Bonchev–Trinajstić information content (AvgIpc) is 2.41. The minimum absolute atomic E-state index is 0.781. The van der Waals surface area contributed by atoms with E-state index in [1.807, 2.05) is 6.08 Å². The summed E-state index contributed by atoms with van der Waals surface area (Å²) in [5.41, 5.74) is 2.90. The largest absolute Gasteiger partial charge is 0.103 e. The minimum atomic E-state index is 0.781. The topological polar surface area (TPSA) is 0 Å². The van der Waals surface area contributed by atoms with Crippen LogP contribution in [0.4, 0.5) is 0 Å². The molecule has 1 aliphatic rings. The maximum absolute atomic E-state index is 3.85. The second-order valence-electron chi connectivity index (χ2n) is 5.48. The Morgan fingerprint density at radius 1 is 0.944 bits per heavy atom. The van der Waals surface area contributed by atoms with E-state index in [-0.39, 0.29) is 0 Å². The molecule has 0 bridgehead atoms. The van der Waals surface area contributed by atoms with E-state index in [1.165, 1.54) is 43.2 Å². The lowest BCUT2D eigenvalue weighted by Gasteiger charge is -2.28. The van der Waals surface area contributed by atoms with Gasteiger partial charge in [0, 0.05) is 0 Å². The third-order valence-corrected chi connectivity index (χ3v) is 4.18. The maximum Gasteiger partial charge on any atom is -0.0100 e. The molecule has 1 aliphatic carbocycles. The van der Waals surface area contributed by atoms with Gasteiger partial charge in [0.05, 0.1) is 0 Å². The van der Waals surface area contributed by atoms with Crippen molar-refractivity contribution < 1.29 is 0 Å². The number of allylic oxidation sites excluding steroid dienone is 2. The lowest BCUT2D eigenvalue weighted by Crippen LogP contribution is -2.12. The molecule has 0 nitrogen and oxygen atoms in total. The van der Waals surface area contributed by atoms with Gasteiger partial charge >= 0.3 is 0 Å². The fourth-order valence-corrected chi connectivity index (χ4v) is 3.06. The highest BCUT2D eigenvalue weighted by Gasteiger charge is 2.21. The molecular formula is C18H24. The van der Waals surface area contributed by atoms with E-state index >= 15 is 0 Å². The van der Waals surface area contributed by atoms with Gasteiger partial charge in [-0.2, -0.15) is 0 Å². The zero-order valence-corrected chi connectivity index (χ0v) is 11.3. The van der Waals surface area contributed by atoms with Crippen LogP contribution in [0.1, 0.15) is 49.1 Å². The lowest BCUT2D eigenvalue weighted by molar-refractivity contribution is 0.328. The fraction of sp³-hybridized carbons (Fsp3) is 0.444. The van der Waals surface area contributed by atoms with Crippen LogP contribution < -0.4 is 0 Å². The van der Waals surface area contributed by atoms with Gasteiger partial charge in [0.2, 0.25) is 0 Å². The van der Waals surface area contributed by atoms with Crippen molar-refractivity contribution in [2.24, 2.45) is 5.92 Å². The van der Waals surface area contributed by atoms with E-state index in [1.54, 1.807) is 0 Å². The van der Waals surface area contributed by atoms with Gasteiger partial charge in [0.25, 0.3) is 0 Å². The Kier molecular flexibility index (Phi) is 4.81. The van der Waals surface area contributed by atoms with Gasteiger partial charge in [-0.3, -0.25) is 0 Å². The van der Waals surface area contributed by atoms with Crippen molar-refractivity contribution in [3.05, 3.63) is 60.7 Å². The molecule has 1 saturated carbocycles. The zero-order valence-electron chi connectivity index (χ0n) is 11.3. The first-order valence-corrected chi connectivity index (χ1v) is 7.14. The van der Waals surface area contributed by atoms with E-state index in [0.717, 1.165) is 18.3 Å². The Bertz CT molecular complexity index is 377. The fourth-order valence-electron chi connectivity index (χ4n) is 3.06. The summed E-state index contributed by atoms with van der Waals surface area (Å²) in [5, 5.41) is 0. The van der Waals surface area contributed by atoms with Gasteiger partial charge in [0.1, 0.15) is 0 Å². The van der Waals surface area contributed by atoms with Gasteiger partial charge in [-0.1, -0.05) is 36.4 Å². The van der Waals surface area contributed by atoms with Gasteiger partial charge < -0.3 is 0 Å². The Hall–Kier alpha value is -1.30. The second-order valence-corrected chi connectivity index (χ2v) is 5.48. The van der Waals surface area contributed by atoms with E-state index < -0.39 is 0 Å². The summed E-state index contributed by atoms with van der Waals surface area (Å²) in [6.07, 6.45) is 11.6. The van der Waals surface area contributed by atoms with Crippen LogP contribution in [0.5, 0.6) is 0 Å². The van der Waals surface area contributed by atoms with Gasteiger partial charge in [-0.25, -0.2) is 0 Å². The monoisotopic (exact) mass is 240 g/mol. The van der Waals surface area contributed by atoms with Crippen LogP contribution in [0.25, 0.3) is 0 Å². The van der Waals surface area contributed by atoms with E-state index in [2.05, 4.69) is 43.5 Å². The highest BCUT2D eigenvalue weighted by molar-refractivity contribution is 5.26. The molecule has 1 fully saturated rings. The molecule has 0 N–H and O–H groups in total. The quantitative estimate of drug-likeness (QED) is 0.615. The average molecular weight is 240 g/mol. The second kappa shape index (κ2) is 6.58. The van der Waals surface area contributed by atoms with Crippen molar-refractivity contribution in [2.75, 3.05) is 0 Å². The summed E-state index contributed by atoms with van der Waals surface area (Å²) in [4.78, 5) is 0. The predicted octanol–water partition coefficient (Wildman–Crippen LogP) is 5.27. The first kappa shape index (κ1) is 13.1. The molecule has 0 aliphatic heterocycles. The number of benzene rings is 1. The lowest BCUT2D eigenvalue weighted by atomic mass is 9.77. The molecule has 0 radical (unpaired) electrons. The summed E-state index contributed by atoms with van der Waals surface area (Å²) in [6.45, 7) is 7.64. The minimum Gasteiger partial charge on any atom is -0.103 e. The van der Waals surface area contributed by atoms with E-state index in [0.29, 0.717) is 0 Å². The number of hydrogen-bond acceptors (Lipinski definition) is 0. The standard InChI is InChI=1S/C18H24/c1-3-5-15-7-11-17(12-8-15)18-13-9-16(6-4-2)10-14-18/h3-4,7-8,11-12,16,18H,1-2,5-6,9-10,13-14H2/t16-,18-. The molecule has 0 heterocycles. The molecule has 0 atom stereocenters. The zero-order chi connectivity index (χ0) is 12.8. The molecule has 0 heteroatoms. The van der Waals surface area contributed by atoms with E-state index in [4.69, 9.17) is 0 Å².